The van der Waals surface area contributed by atoms with E-state index >= 15 is 0 Å². The van der Waals surface area contributed by atoms with Gasteiger partial charge in [0.25, 0.3) is 0 Å². The van der Waals surface area contributed by atoms with E-state index in [0.717, 1.165) is 0 Å². The normalized spacial score (nSPS) is 22.8. The summed E-state index contributed by atoms with van der Waals surface area (Å²) in [5.74, 6) is -3.30. The van der Waals surface area contributed by atoms with Crippen LogP contribution in [0.15, 0.2) is 0 Å². The fraction of sp³-hybridized carbons (Fsp3) is 0.800. The highest BCUT2D eigenvalue weighted by atomic mass is 32.2. The summed E-state index contributed by atoms with van der Waals surface area (Å²) in [5.41, 5.74) is 0. The van der Waals surface area contributed by atoms with Gasteiger partial charge in [-0.25, -0.2) is 21.6 Å². The minimum Gasteiger partial charge on any atom is -0.481 e. The number of sulfonamides is 1. The molecule has 0 aromatic carbocycles. The lowest BCUT2D eigenvalue weighted by molar-refractivity contribution is -0.140. The largest absolute Gasteiger partial charge is 0.481 e. The molecule has 11 heteroatoms. The third-order valence-corrected chi connectivity index (χ3v) is 6.99. The highest BCUT2D eigenvalue weighted by Crippen LogP contribution is 2.19. The summed E-state index contributed by atoms with van der Waals surface area (Å²) >= 11 is 0. The van der Waals surface area contributed by atoms with Gasteiger partial charge < -0.3 is 10.2 Å². The highest BCUT2D eigenvalue weighted by molar-refractivity contribution is 7.95. The maximum Gasteiger partial charge on any atom is 0.321 e. The SMILES string of the molecule is O=C(O)CCC[C@@H](NS(=O)(=O)C1CCS(=O)(=O)C1)C(=O)O. The van der Waals surface area contributed by atoms with Gasteiger partial charge >= 0.3 is 11.9 Å². The summed E-state index contributed by atoms with van der Waals surface area (Å²) in [6, 6.07) is -1.46. The Balaban J connectivity index is 2.69. The van der Waals surface area contributed by atoms with E-state index in [4.69, 9.17) is 10.2 Å². The Morgan fingerprint density at radius 2 is 1.90 bits per heavy atom. The third kappa shape index (κ3) is 5.59. The lowest BCUT2D eigenvalue weighted by atomic mass is 10.1. The lowest BCUT2D eigenvalue weighted by Crippen LogP contribution is -2.45. The molecule has 2 atom stereocenters. The molecule has 1 unspecified atom stereocenters. The van der Waals surface area contributed by atoms with E-state index in [1.165, 1.54) is 0 Å². The summed E-state index contributed by atoms with van der Waals surface area (Å²) in [5, 5.41) is 16.3. The molecule has 0 saturated carbocycles. The van der Waals surface area contributed by atoms with Crippen molar-refractivity contribution in [1.82, 2.24) is 4.72 Å². The number of rotatable bonds is 8. The van der Waals surface area contributed by atoms with Crippen molar-refractivity contribution in [1.29, 1.82) is 0 Å². The number of carboxylic acid groups (broad SMARTS) is 2. The Morgan fingerprint density at radius 3 is 2.33 bits per heavy atom. The smallest absolute Gasteiger partial charge is 0.321 e. The van der Waals surface area contributed by atoms with Crippen LogP contribution in [-0.4, -0.2) is 61.8 Å². The van der Waals surface area contributed by atoms with Gasteiger partial charge in [0.05, 0.1) is 16.8 Å². The summed E-state index contributed by atoms with van der Waals surface area (Å²) in [6.45, 7) is 0. The van der Waals surface area contributed by atoms with Crippen molar-refractivity contribution in [3.05, 3.63) is 0 Å². The van der Waals surface area contributed by atoms with Gasteiger partial charge in [-0.3, -0.25) is 9.59 Å². The number of hydrogen-bond acceptors (Lipinski definition) is 6. The Hall–Kier alpha value is -1.20. The summed E-state index contributed by atoms with van der Waals surface area (Å²) < 4.78 is 48.5. The molecule has 122 valence electrons. The van der Waals surface area contributed by atoms with Gasteiger partial charge in [0.15, 0.2) is 9.84 Å². The van der Waals surface area contributed by atoms with Crippen molar-refractivity contribution in [3.63, 3.8) is 0 Å². The molecule has 1 aliphatic rings. The fourth-order valence-electron chi connectivity index (χ4n) is 1.99. The van der Waals surface area contributed by atoms with E-state index in [0.29, 0.717) is 0 Å². The molecule has 1 heterocycles. The van der Waals surface area contributed by atoms with Crippen LogP contribution in [0.1, 0.15) is 25.7 Å². The van der Waals surface area contributed by atoms with E-state index in [-0.39, 0.29) is 31.4 Å². The van der Waals surface area contributed by atoms with Crippen molar-refractivity contribution in [2.45, 2.75) is 37.0 Å². The van der Waals surface area contributed by atoms with Crippen LogP contribution in [0.2, 0.25) is 0 Å². The molecule has 0 radical (unpaired) electrons. The fourth-order valence-corrected chi connectivity index (χ4v) is 6.26. The van der Waals surface area contributed by atoms with Gasteiger partial charge in [0, 0.05) is 6.42 Å². The monoisotopic (exact) mass is 343 g/mol. The molecule has 0 aromatic rings. The zero-order valence-electron chi connectivity index (χ0n) is 11.1. The minimum absolute atomic E-state index is 0.00220. The molecule has 0 aliphatic carbocycles. The number of carbonyl (C=O) groups is 2. The van der Waals surface area contributed by atoms with Crippen molar-refractivity contribution in [3.8, 4) is 0 Å². The Labute approximate surface area is 122 Å². The average molecular weight is 343 g/mol. The van der Waals surface area contributed by atoms with Crippen molar-refractivity contribution in [2.24, 2.45) is 0 Å². The van der Waals surface area contributed by atoms with Crippen LogP contribution in [0, 0.1) is 0 Å². The van der Waals surface area contributed by atoms with Gasteiger partial charge in [0.2, 0.25) is 10.0 Å². The van der Waals surface area contributed by atoms with E-state index in [9.17, 15) is 26.4 Å². The average Bonchev–Trinajstić information content (AvgIpc) is 2.68. The first-order valence-corrected chi connectivity index (χ1v) is 9.56. The zero-order valence-corrected chi connectivity index (χ0v) is 12.7. The first kappa shape index (κ1) is 17.9. The molecule has 1 saturated heterocycles. The number of hydrogen-bond donors (Lipinski definition) is 3. The molecule has 0 amide bonds. The van der Waals surface area contributed by atoms with Crippen molar-refractivity contribution in [2.75, 3.05) is 11.5 Å². The highest BCUT2D eigenvalue weighted by Gasteiger charge is 2.39. The van der Waals surface area contributed by atoms with Crippen LogP contribution in [0.5, 0.6) is 0 Å². The molecule has 9 nitrogen and oxygen atoms in total. The Kier molecular flexibility index (Phi) is 5.70. The quantitative estimate of drug-likeness (QED) is 0.496. The number of sulfone groups is 1. The van der Waals surface area contributed by atoms with Gasteiger partial charge in [-0.05, 0) is 19.3 Å². The molecule has 3 N–H and O–H groups in total. The first-order valence-electron chi connectivity index (χ1n) is 6.19. The van der Waals surface area contributed by atoms with Crippen LogP contribution in [-0.2, 0) is 29.4 Å². The van der Waals surface area contributed by atoms with Gasteiger partial charge in [-0.1, -0.05) is 0 Å². The maximum atomic E-state index is 12.0. The molecule has 1 aliphatic heterocycles. The molecular weight excluding hydrogens is 326 g/mol. The Bertz CT molecular complexity index is 609. The van der Waals surface area contributed by atoms with Crippen LogP contribution in [0.25, 0.3) is 0 Å². The van der Waals surface area contributed by atoms with E-state index in [2.05, 4.69) is 0 Å². The number of nitrogens with one attached hydrogen (secondary N) is 1. The van der Waals surface area contributed by atoms with Crippen LogP contribution in [0.4, 0.5) is 0 Å². The molecular formula is C10H17NO8S2. The van der Waals surface area contributed by atoms with Crippen LogP contribution in [0.3, 0.4) is 0 Å². The molecule has 1 fully saturated rings. The summed E-state index contributed by atoms with van der Waals surface area (Å²) in [7, 11) is -7.49. The predicted octanol–water partition coefficient (Wildman–Crippen LogP) is -1.20. The van der Waals surface area contributed by atoms with Crippen molar-refractivity contribution >= 4 is 31.8 Å². The predicted molar refractivity (Wildman–Crippen MR) is 72.0 cm³/mol. The third-order valence-electron chi connectivity index (χ3n) is 3.12. The van der Waals surface area contributed by atoms with Gasteiger partial charge in [0.1, 0.15) is 6.04 Å². The zero-order chi connectivity index (χ0) is 16.3. The standard InChI is InChI=1S/C10H17NO8S2/c12-9(13)3-1-2-8(10(14)15)11-21(18,19)7-4-5-20(16,17)6-7/h7-8,11H,1-6H2,(H,12,13)(H,14,15)/t7?,8-/m1/s1. The second-order valence-electron chi connectivity index (χ2n) is 4.86. The van der Waals surface area contributed by atoms with Gasteiger partial charge in [-0.15, -0.1) is 0 Å². The molecule has 1 rings (SSSR count). The molecule has 0 spiro atoms. The molecule has 0 aromatic heterocycles. The Morgan fingerprint density at radius 1 is 1.29 bits per heavy atom. The van der Waals surface area contributed by atoms with E-state index in [1.807, 2.05) is 4.72 Å². The summed E-state index contributed by atoms with van der Waals surface area (Å²) in [6.07, 6.45) is -0.527. The topological polar surface area (TPSA) is 155 Å². The van der Waals surface area contributed by atoms with Gasteiger partial charge in [-0.2, -0.15) is 0 Å². The second kappa shape index (κ2) is 6.71. The van der Waals surface area contributed by atoms with Crippen molar-refractivity contribution < 1.29 is 36.6 Å². The lowest BCUT2D eigenvalue weighted by Gasteiger charge is -2.17. The summed E-state index contributed by atoms with van der Waals surface area (Å²) in [4.78, 5) is 21.4. The minimum atomic E-state index is -4.08. The second-order valence-corrected chi connectivity index (χ2v) is 9.09. The number of carboxylic acids is 2. The molecule has 21 heavy (non-hydrogen) atoms. The first-order chi connectivity index (χ1) is 9.53. The van der Waals surface area contributed by atoms with Crippen LogP contribution >= 0.6 is 0 Å². The van der Waals surface area contributed by atoms with E-state index in [1.54, 1.807) is 0 Å². The maximum absolute atomic E-state index is 12.0. The van der Waals surface area contributed by atoms with E-state index < -0.39 is 48.8 Å². The molecule has 0 bridgehead atoms. The number of aliphatic carboxylic acids is 2. The van der Waals surface area contributed by atoms with Crippen LogP contribution < -0.4 is 4.72 Å².